The van der Waals surface area contributed by atoms with Crippen molar-refractivity contribution in [1.82, 2.24) is 4.90 Å². The number of halogens is 1. The third-order valence-corrected chi connectivity index (χ3v) is 4.63. The number of unbranched alkanes of at least 4 members (excludes halogenated alkanes) is 1. The first-order valence-corrected chi connectivity index (χ1v) is 7.63. The molecule has 1 heterocycles. The first-order valence-electron chi connectivity index (χ1n) is 6.51. The van der Waals surface area contributed by atoms with Crippen molar-refractivity contribution in [3.63, 3.8) is 0 Å². The van der Waals surface area contributed by atoms with Crippen molar-refractivity contribution in [2.24, 2.45) is 5.41 Å². The Labute approximate surface area is 108 Å². The van der Waals surface area contributed by atoms with Gasteiger partial charge in [0.1, 0.15) is 0 Å². The molecule has 0 unspecified atom stereocenters. The van der Waals surface area contributed by atoms with Crippen LogP contribution in [-0.4, -0.2) is 29.2 Å². The fraction of sp³-hybridized carbons (Fsp3) is 0.923. The van der Waals surface area contributed by atoms with Gasteiger partial charge in [0.25, 0.3) is 0 Å². The Morgan fingerprint density at radius 1 is 1.31 bits per heavy atom. The van der Waals surface area contributed by atoms with Crippen molar-refractivity contribution in [2.45, 2.75) is 52.4 Å². The van der Waals surface area contributed by atoms with Crippen molar-refractivity contribution in [1.29, 1.82) is 0 Å². The summed E-state index contributed by atoms with van der Waals surface area (Å²) in [6, 6.07) is 0. The Bertz CT molecular complexity index is 226. The van der Waals surface area contributed by atoms with Gasteiger partial charge in [0.15, 0.2) is 0 Å². The molecule has 0 aromatic carbocycles. The van der Waals surface area contributed by atoms with E-state index in [-0.39, 0.29) is 0 Å². The second-order valence-electron chi connectivity index (χ2n) is 4.92. The molecule has 0 spiro atoms. The second kappa shape index (κ2) is 6.63. The van der Waals surface area contributed by atoms with Gasteiger partial charge in [-0.1, -0.05) is 29.8 Å². The summed E-state index contributed by atoms with van der Waals surface area (Å²) in [5, 5.41) is 1.01. The van der Waals surface area contributed by atoms with Gasteiger partial charge in [0.2, 0.25) is 5.91 Å². The molecule has 0 N–H and O–H groups in total. The summed E-state index contributed by atoms with van der Waals surface area (Å²) in [4.78, 5) is 14.0. The number of alkyl halides is 1. The number of hydrogen-bond donors (Lipinski definition) is 0. The lowest BCUT2D eigenvalue weighted by Gasteiger charge is -2.26. The topological polar surface area (TPSA) is 20.3 Å². The molecular formula is C13H24BrNO. The molecule has 1 rings (SSSR count). The molecule has 2 nitrogen and oxygen atoms in total. The van der Waals surface area contributed by atoms with Crippen LogP contribution in [0.3, 0.4) is 0 Å². The highest BCUT2D eigenvalue weighted by molar-refractivity contribution is 9.09. The van der Waals surface area contributed by atoms with E-state index in [0.717, 1.165) is 37.7 Å². The molecule has 0 atom stereocenters. The lowest BCUT2D eigenvalue weighted by Crippen LogP contribution is -2.31. The Hall–Kier alpha value is -0.0500. The lowest BCUT2D eigenvalue weighted by molar-refractivity contribution is -0.130. The molecular weight excluding hydrogens is 266 g/mol. The summed E-state index contributed by atoms with van der Waals surface area (Å²) in [7, 11) is 0. The largest absolute Gasteiger partial charge is 0.342 e. The van der Waals surface area contributed by atoms with Gasteiger partial charge < -0.3 is 4.90 Å². The lowest BCUT2D eigenvalue weighted by atomic mass is 9.82. The SMILES string of the molecule is CCC1(CC)CCN(C(=O)CCCCBr)C1. The fourth-order valence-electron chi connectivity index (χ4n) is 2.50. The summed E-state index contributed by atoms with van der Waals surface area (Å²) in [6.45, 7) is 6.48. The van der Waals surface area contributed by atoms with Gasteiger partial charge in [0, 0.05) is 24.8 Å². The maximum Gasteiger partial charge on any atom is 0.222 e. The molecule has 0 aromatic heterocycles. The summed E-state index contributed by atoms with van der Waals surface area (Å²) >= 11 is 3.40. The Morgan fingerprint density at radius 2 is 2.00 bits per heavy atom. The molecule has 1 aliphatic rings. The van der Waals surface area contributed by atoms with E-state index in [2.05, 4.69) is 34.7 Å². The third-order valence-electron chi connectivity index (χ3n) is 4.07. The van der Waals surface area contributed by atoms with E-state index in [9.17, 15) is 4.79 Å². The predicted octanol–water partition coefficient (Wildman–Crippen LogP) is 3.59. The Kier molecular flexibility index (Phi) is 5.81. The van der Waals surface area contributed by atoms with Crippen LogP contribution in [0.2, 0.25) is 0 Å². The Balaban J connectivity index is 2.37. The van der Waals surface area contributed by atoms with E-state index in [1.165, 1.54) is 19.3 Å². The number of hydrogen-bond acceptors (Lipinski definition) is 1. The summed E-state index contributed by atoms with van der Waals surface area (Å²) < 4.78 is 0. The monoisotopic (exact) mass is 289 g/mol. The van der Waals surface area contributed by atoms with Crippen molar-refractivity contribution < 1.29 is 4.79 Å². The second-order valence-corrected chi connectivity index (χ2v) is 5.71. The van der Waals surface area contributed by atoms with Crippen LogP contribution in [0.5, 0.6) is 0 Å². The highest BCUT2D eigenvalue weighted by atomic mass is 79.9. The van der Waals surface area contributed by atoms with Crippen LogP contribution in [0.4, 0.5) is 0 Å². The molecule has 0 radical (unpaired) electrons. The summed E-state index contributed by atoms with van der Waals surface area (Å²) in [5.74, 6) is 0.365. The molecule has 3 heteroatoms. The molecule has 0 bridgehead atoms. The number of amides is 1. The Morgan fingerprint density at radius 3 is 2.50 bits per heavy atom. The number of rotatable bonds is 6. The zero-order valence-electron chi connectivity index (χ0n) is 10.6. The predicted molar refractivity (Wildman–Crippen MR) is 71.9 cm³/mol. The number of likely N-dealkylation sites (tertiary alicyclic amines) is 1. The highest BCUT2D eigenvalue weighted by Gasteiger charge is 2.36. The zero-order chi connectivity index (χ0) is 12.0. The number of carbonyl (C=O) groups excluding carboxylic acids is 1. The quantitative estimate of drug-likeness (QED) is 0.541. The molecule has 1 fully saturated rings. The van der Waals surface area contributed by atoms with Gasteiger partial charge in [-0.25, -0.2) is 0 Å². The molecule has 1 amide bonds. The summed E-state index contributed by atoms with van der Waals surface area (Å²) in [5.41, 5.74) is 0.422. The zero-order valence-corrected chi connectivity index (χ0v) is 12.2. The van der Waals surface area contributed by atoms with Crippen molar-refractivity contribution in [2.75, 3.05) is 18.4 Å². The van der Waals surface area contributed by atoms with E-state index < -0.39 is 0 Å². The first kappa shape index (κ1) is 14.0. The van der Waals surface area contributed by atoms with E-state index in [4.69, 9.17) is 0 Å². The van der Waals surface area contributed by atoms with Crippen LogP contribution in [0, 0.1) is 5.41 Å². The maximum atomic E-state index is 12.0. The van der Waals surface area contributed by atoms with Crippen LogP contribution in [0.1, 0.15) is 52.4 Å². The average Bonchev–Trinajstić information content (AvgIpc) is 2.74. The van der Waals surface area contributed by atoms with Crippen molar-refractivity contribution in [3.05, 3.63) is 0 Å². The third kappa shape index (κ3) is 3.47. The van der Waals surface area contributed by atoms with Gasteiger partial charge in [-0.05, 0) is 37.5 Å². The minimum Gasteiger partial charge on any atom is -0.342 e. The normalized spacial score (nSPS) is 19.1. The summed E-state index contributed by atoms with van der Waals surface area (Å²) in [6.07, 6.45) is 6.46. The highest BCUT2D eigenvalue weighted by Crippen LogP contribution is 2.37. The maximum absolute atomic E-state index is 12.0. The van der Waals surface area contributed by atoms with E-state index in [1.807, 2.05) is 0 Å². The minimum absolute atomic E-state index is 0.365. The minimum atomic E-state index is 0.365. The smallest absolute Gasteiger partial charge is 0.222 e. The van der Waals surface area contributed by atoms with Gasteiger partial charge in [0.05, 0.1) is 0 Å². The molecule has 16 heavy (non-hydrogen) atoms. The van der Waals surface area contributed by atoms with Crippen LogP contribution in [0.25, 0.3) is 0 Å². The van der Waals surface area contributed by atoms with Crippen molar-refractivity contribution in [3.8, 4) is 0 Å². The van der Waals surface area contributed by atoms with Gasteiger partial charge in [-0.3, -0.25) is 4.79 Å². The number of carbonyl (C=O) groups is 1. The molecule has 0 saturated carbocycles. The average molecular weight is 290 g/mol. The number of nitrogens with zero attached hydrogens (tertiary/aromatic N) is 1. The van der Waals surface area contributed by atoms with Gasteiger partial charge in [-0.2, -0.15) is 0 Å². The standard InChI is InChI=1S/C13H24BrNO/c1-3-13(4-2)8-10-15(11-13)12(16)7-5-6-9-14/h3-11H2,1-2H3. The van der Waals surface area contributed by atoms with E-state index in [1.54, 1.807) is 0 Å². The molecule has 1 aliphatic heterocycles. The fourth-order valence-corrected chi connectivity index (χ4v) is 2.90. The van der Waals surface area contributed by atoms with Crippen molar-refractivity contribution >= 4 is 21.8 Å². The molecule has 1 saturated heterocycles. The van der Waals surface area contributed by atoms with Crippen LogP contribution in [0.15, 0.2) is 0 Å². The molecule has 94 valence electrons. The van der Waals surface area contributed by atoms with Crippen LogP contribution in [-0.2, 0) is 4.79 Å². The first-order chi connectivity index (χ1) is 7.67. The molecule has 0 aromatic rings. The van der Waals surface area contributed by atoms with Crippen LogP contribution >= 0.6 is 15.9 Å². The van der Waals surface area contributed by atoms with E-state index in [0.29, 0.717) is 11.3 Å². The van der Waals surface area contributed by atoms with E-state index >= 15 is 0 Å². The molecule has 0 aliphatic carbocycles. The van der Waals surface area contributed by atoms with Gasteiger partial charge >= 0.3 is 0 Å². The van der Waals surface area contributed by atoms with Gasteiger partial charge in [-0.15, -0.1) is 0 Å². The van der Waals surface area contributed by atoms with Crippen LogP contribution < -0.4 is 0 Å².